The van der Waals surface area contributed by atoms with Crippen LogP contribution in [0.4, 0.5) is 10.5 Å². The lowest BCUT2D eigenvalue weighted by atomic mass is 9.50. The molecule has 1 atom stereocenters. The van der Waals surface area contributed by atoms with Gasteiger partial charge in [-0.05, 0) is 80.8 Å². The number of hydrogen-bond donors (Lipinski definition) is 3. The van der Waals surface area contributed by atoms with E-state index in [2.05, 4.69) is 10.6 Å². The van der Waals surface area contributed by atoms with Crippen molar-refractivity contribution in [3.63, 3.8) is 0 Å². The van der Waals surface area contributed by atoms with Gasteiger partial charge in [0.2, 0.25) is 5.91 Å². The first-order chi connectivity index (χ1) is 15.2. The third-order valence-corrected chi connectivity index (χ3v) is 7.64. The predicted molar refractivity (Wildman–Crippen MR) is 120 cm³/mol. The summed E-state index contributed by atoms with van der Waals surface area (Å²) in [6.07, 6.45) is 6.84. The minimum absolute atomic E-state index is 0.0488. The molecule has 1 aromatic carbocycles. The van der Waals surface area contributed by atoms with Crippen LogP contribution >= 0.6 is 0 Å². The van der Waals surface area contributed by atoms with E-state index in [1.807, 2.05) is 13.8 Å². The number of aromatic carboxylic acids is 1. The van der Waals surface area contributed by atoms with Gasteiger partial charge in [-0.3, -0.25) is 4.79 Å². The second kappa shape index (κ2) is 8.75. The van der Waals surface area contributed by atoms with Gasteiger partial charge in [0.05, 0.1) is 17.9 Å². The van der Waals surface area contributed by atoms with E-state index in [1.54, 1.807) is 25.1 Å². The van der Waals surface area contributed by atoms with Crippen molar-refractivity contribution in [2.45, 2.75) is 65.3 Å². The molecule has 174 valence electrons. The van der Waals surface area contributed by atoms with E-state index in [-0.39, 0.29) is 22.6 Å². The van der Waals surface area contributed by atoms with Gasteiger partial charge < -0.3 is 20.5 Å². The summed E-state index contributed by atoms with van der Waals surface area (Å²) in [6.45, 7) is 5.75. The third-order valence-electron chi connectivity index (χ3n) is 7.64. The lowest BCUT2D eigenvalue weighted by Gasteiger charge is -2.56. The number of carboxylic acids is 1. The summed E-state index contributed by atoms with van der Waals surface area (Å²) < 4.78 is 5.66. The monoisotopic (exact) mass is 442 g/mol. The van der Waals surface area contributed by atoms with Crippen molar-refractivity contribution >= 4 is 23.7 Å². The van der Waals surface area contributed by atoms with Crippen LogP contribution < -0.4 is 10.6 Å². The number of carbonyl (C=O) groups is 3. The molecule has 4 fully saturated rings. The molecule has 4 saturated carbocycles. The summed E-state index contributed by atoms with van der Waals surface area (Å²) in [6, 6.07) is 4.09. The molecule has 2 amide bonds. The number of nitrogens with one attached hydrogen (secondary N) is 2. The highest BCUT2D eigenvalue weighted by Crippen LogP contribution is 2.60. The summed E-state index contributed by atoms with van der Waals surface area (Å²) in [5.74, 6) is 0.571. The number of amides is 2. The van der Waals surface area contributed by atoms with E-state index >= 15 is 0 Å². The van der Waals surface area contributed by atoms with Crippen molar-refractivity contribution in [3.05, 3.63) is 29.3 Å². The number of carbonyl (C=O) groups excluding carboxylic acids is 2. The molecule has 1 aromatic rings. The highest BCUT2D eigenvalue weighted by Gasteiger charge is 2.51. The van der Waals surface area contributed by atoms with Crippen LogP contribution in [-0.2, 0) is 9.53 Å². The number of rotatable bonds is 7. The highest BCUT2D eigenvalue weighted by molar-refractivity contribution is 6.03. The van der Waals surface area contributed by atoms with Gasteiger partial charge in [0, 0.05) is 5.41 Å². The molecule has 0 saturated heterocycles. The molecule has 0 aliphatic heterocycles. The molecule has 0 unspecified atom stereocenters. The van der Waals surface area contributed by atoms with Crippen LogP contribution in [0.15, 0.2) is 18.2 Å². The number of alkyl carbamates (subject to hydrolysis) is 1. The van der Waals surface area contributed by atoms with Crippen molar-refractivity contribution in [1.29, 1.82) is 0 Å². The number of aryl methyl sites for hydroxylation is 1. The van der Waals surface area contributed by atoms with Gasteiger partial charge in [-0.15, -0.1) is 0 Å². The molecule has 4 bridgehead atoms. The fourth-order valence-electron chi connectivity index (χ4n) is 6.66. The molecule has 0 aromatic heterocycles. The van der Waals surface area contributed by atoms with Gasteiger partial charge in [-0.25, -0.2) is 9.59 Å². The molecule has 32 heavy (non-hydrogen) atoms. The van der Waals surface area contributed by atoms with Crippen molar-refractivity contribution in [3.8, 4) is 0 Å². The summed E-state index contributed by atoms with van der Waals surface area (Å²) in [5, 5.41) is 14.9. The first-order valence-corrected chi connectivity index (χ1v) is 11.7. The molecule has 0 heterocycles. The van der Waals surface area contributed by atoms with E-state index < -0.39 is 24.0 Å². The largest absolute Gasteiger partial charge is 0.478 e. The van der Waals surface area contributed by atoms with Crippen molar-refractivity contribution in [2.75, 3.05) is 11.9 Å². The normalized spacial score (nSPS) is 28.9. The maximum Gasteiger partial charge on any atom is 0.407 e. The molecule has 0 spiro atoms. The van der Waals surface area contributed by atoms with Crippen molar-refractivity contribution in [2.24, 2.45) is 29.1 Å². The first-order valence-electron chi connectivity index (χ1n) is 11.7. The molecule has 7 nitrogen and oxygen atoms in total. The first kappa shape index (κ1) is 22.6. The minimum Gasteiger partial charge on any atom is -0.478 e. The van der Waals surface area contributed by atoms with Gasteiger partial charge >= 0.3 is 12.1 Å². The summed E-state index contributed by atoms with van der Waals surface area (Å²) in [5.41, 5.74) is 0.934. The van der Waals surface area contributed by atoms with Crippen LogP contribution in [0.25, 0.3) is 0 Å². The van der Waals surface area contributed by atoms with E-state index in [9.17, 15) is 19.5 Å². The number of anilines is 1. The maximum absolute atomic E-state index is 12.9. The van der Waals surface area contributed by atoms with Crippen molar-refractivity contribution in [1.82, 2.24) is 5.32 Å². The fraction of sp³-hybridized carbons (Fsp3) is 0.640. The van der Waals surface area contributed by atoms with Crippen LogP contribution in [0.1, 0.15) is 68.3 Å². The minimum atomic E-state index is -1.11. The molecule has 4 aliphatic rings. The van der Waals surface area contributed by atoms with Gasteiger partial charge in [0.1, 0.15) is 6.04 Å². The van der Waals surface area contributed by atoms with Gasteiger partial charge in [0.15, 0.2) is 0 Å². The molecule has 4 aliphatic carbocycles. The second-order valence-corrected chi connectivity index (χ2v) is 10.7. The Morgan fingerprint density at radius 2 is 1.69 bits per heavy atom. The lowest BCUT2D eigenvalue weighted by molar-refractivity contribution is -0.119. The average Bonchev–Trinajstić information content (AvgIpc) is 2.69. The molecular weight excluding hydrogens is 408 g/mol. The quantitative estimate of drug-likeness (QED) is 0.572. The topological polar surface area (TPSA) is 105 Å². The van der Waals surface area contributed by atoms with Crippen LogP contribution in [0.2, 0.25) is 0 Å². The highest BCUT2D eigenvalue weighted by atomic mass is 16.5. The van der Waals surface area contributed by atoms with Crippen LogP contribution in [0.3, 0.4) is 0 Å². The van der Waals surface area contributed by atoms with Crippen LogP contribution in [-0.4, -0.2) is 35.7 Å². The van der Waals surface area contributed by atoms with Crippen molar-refractivity contribution < 1.29 is 24.2 Å². The molecule has 5 rings (SSSR count). The average molecular weight is 443 g/mol. The Morgan fingerprint density at radius 1 is 1.09 bits per heavy atom. The Bertz CT molecular complexity index is 874. The zero-order valence-electron chi connectivity index (χ0n) is 19.1. The Hall–Kier alpha value is -2.57. The summed E-state index contributed by atoms with van der Waals surface area (Å²) in [4.78, 5) is 37.2. The second-order valence-electron chi connectivity index (χ2n) is 10.7. The number of hydrogen-bond acceptors (Lipinski definition) is 4. The van der Waals surface area contributed by atoms with Gasteiger partial charge in [-0.2, -0.15) is 0 Å². The maximum atomic E-state index is 12.9. The van der Waals surface area contributed by atoms with Gasteiger partial charge in [0.25, 0.3) is 0 Å². The molecule has 3 N–H and O–H groups in total. The zero-order chi connectivity index (χ0) is 23.0. The number of benzene rings is 1. The Kier molecular flexibility index (Phi) is 6.19. The van der Waals surface area contributed by atoms with E-state index in [1.165, 1.54) is 19.3 Å². The van der Waals surface area contributed by atoms with E-state index in [0.29, 0.717) is 12.2 Å². The van der Waals surface area contributed by atoms with Crippen LogP contribution in [0, 0.1) is 36.0 Å². The Morgan fingerprint density at radius 3 is 2.22 bits per heavy atom. The predicted octanol–water partition coefficient (Wildman–Crippen LogP) is 4.60. The zero-order valence-corrected chi connectivity index (χ0v) is 19.1. The van der Waals surface area contributed by atoms with E-state index in [4.69, 9.17) is 4.74 Å². The Labute approximate surface area is 189 Å². The fourth-order valence-corrected chi connectivity index (χ4v) is 6.66. The molecule has 7 heteroatoms. The number of ether oxygens (including phenoxy) is 1. The molecule has 0 radical (unpaired) electrons. The lowest BCUT2D eigenvalue weighted by Crippen LogP contribution is -2.50. The van der Waals surface area contributed by atoms with E-state index in [0.717, 1.165) is 37.0 Å². The standard InChI is InChI=1S/C25H34N2O5/c1-14(2)21(22(28)26-19-6-4-5-15(3)20(19)23(29)30)27-24(31)32-13-25-10-16-7-17(11-25)9-18(8-16)12-25/h4-6,14,16-18,21H,7-13H2,1-3H3,(H,26,28)(H,27,31)(H,29,30)/t16?,17?,18?,21-,25?/m0/s1. The Balaban J connectivity index is 1.37. The smallest absolute Gasteiger partial charge is 0.407 e. The summed E-state index contributed by atoms with van der Waals surface area (Å²) in [7, 11) is 0. The number of carboxylic acid groups (broad SMARTS) is 1. The van der Waals surface area contributed by atoms with Gasteiger partial charge in [-0.1, -0.05) is 26.0 Å². The summed E-state index contributed by atoms with van der Waals surface area (Å²) >= 11 is 0. The SMILES string of the molecule is Cc1cccc(NC(=O)[C@@H](NC(=O)OCC23CC4CC(CC(C4)C2)C3)C(C)C)c1C(=O)O. The van der Waals surface area contributed by atoms with Crippen LogP contribution in [0.5, 0.6) is 0 Å². The third kappa shape index (κ3) is 4.62. The molecular formula is C25H34N2O5.